The molecule has 0 radical (unpaired) electrons. The van der Waals surface area contributed by atoms with Crippen LogP contribution in [-0.4, -0.2) is 5.78 Å². The highest BCUT2D eigenvalue weighted by molar-refractivity contribution is 5.78. The molecule has 0 aliphatic rings. The number of aryl methyl sites for hydroxylation is 4. The van der Waals surface area contributed by atoms with Crippen molar-refractivity contribution in [1.29, 1.82) is 0 Å². The van der Waals surface area contributed by atoms with Crippen LogP contribution in [-0.2, 0) is 56.2 Å². The lowest BCUT2D eigenvalue weighted by Gasteiger charge is -2.04. The number of Topliss-reactive ketones (excluding diaryl/α,β-unsaturated/α-hetero) is 1. The summed E-state index contributed by atoms with van der Waals surface area (Å²) in [4.78, 5) is 12.6. The largest absolute Gasteiger partial charge is 0.465 e. The van der Waals surface area contributed by atoms with Gasteiger partial charge in [0.15, 0.2) is 0 Å². The second-order valence-corrected chi connectivity index (χ2v) is 7.47. The van der Waals surface area contributed by atoms with Crippen LogP contribution >= 0.6 is 0 Å². The summed E-state index contributed by atoms with van der Waals surface area (Å²) >= 11 is 0. The van der Waals surface area contributed by atoms with Crippen LogP contribution in [0.5, 0.6) is 0 Å². The molecule has 0 fully saturated rings. The topological polar surface area (TPSA) is 43.4 Å². The number of hydrogen-bond acceptors (Lipinski definition) is 3. The fraction of sp³-hybridized carbons (Fsp3) is 0.640. The molecule has 2 aromatic rings. The van der Waals surface area contributed by atoms with Gasteiger partial charge < -0.3 is 8.83 Å². The van der Waals surface area contributed by atoms with Crippen molar-refractivity contribution < 1.29 is 13.6 Å². The number of carbonyl (C=O) groups excluding carboxylic acids is 1. The standard InChI is InChI=1S/C25H38O3/c1-7-18-20(9-3)24(27-22(18)11-5)15-13-17(26)14-16-25-21(10-4)19(8-2)23(12-6)28-25/h7-16H2,1-6H3. The highest BCUT2D eigenvalue weighted by atomic mass is 16.3. The van der Waals surface area contributed by atoms with Gasteiger partial charge in [-0.3, -0.25) is 4.79 Å². The second kappa shape index (κ2) is 10.7. The predicted molar refractivity (Wildman–Crippen MR) is 115 cm³/mol. The molecule has 3 nitrogen and oxygen atoms in total. The normalized spacial score (nSPS) is 11.4. The highest BCUT2D eigenvalue weighted by Gasteiger charge is 2.19. The van der Waals surface area contributed by atoms with Crippen molar-refractivity contribution in [3.05, 3.63) is 45.3 Å². The van der Waals surface area contributed by atoms with E-state index in [1.54, 1.807) is 0 Å². The molecule has 0 saturated carbocycles. The smallest absolute Gasteiger partial charge is 0.133 e. The summed E-state index contributed by atoms with van der Waals surface area (Å²) in [7, 11) is 0. The Bertz CT molecular complexity index is 712. The Labute approximate surface area is 170 Å². The maximum atomic E-state index is 12.6. The molecular weight excluding hydrogens is 348 g/mol. The van der Waals surface area contributed by atoms with Gasteiger partial charge in [0.2, 0.25) is 0 Å². The molecule has 28 heavy (non-hydrogen) atoms. The Balaban J connectivity index is 2.01. The fourth-order valence-corrected chi connectivity index (χ4v) is 4.47. The third-order valence-corrected chi connectivity index (χ3v) is 5.89. The van der Waals surface area contributed by atoms with Crippen LogP contribution < -0.4 is 0 Å². The molecule has 0 aromatic carbocycles. The van der Waals surface area contributed by atoms with Crippen LogP contribution in [0.15, 0.2) is 8.83 Å². The number of furan rings is 2. The lowest BCUT2D eigenvalue weighted by molar-refractivity contribution is -0.119. The van der Waals surface area contributed by atoms with E-state index >= 15 is 0 Å². The Morgan fingerprint density at radius 1 is 0.536 bits per heavy atom. The molecular formula is C25H38O3. The van der Waals surface area contributed by atoms with Crippen LogP contribution in [0.25, 0.3) is 0 Å². The van der Waals surface area contributed by atoms with Crippen molar-refractivity contribution in [2.24, 2.45) is 0 Å². The zero-order valence-electron chi connectivity index (χ0n) is 18.8. The first kappa shape index (κ1) is 22.5. The first-order chi connectivity index (χ1) is 13.5. The molecule has 0 unspecified atom stereocenters. The van der Waals surface area contributed by atoms with Crippen LogP contribution in [0.3, 0.4) is 0 Å². The molecule has 0 atom stereocenters. The minimum absolute atomic E-state index is 0.295. The number of rotatable bonds is 12. The first-order valence-corrected chi connectivity index (χ1v) is 11.3. The lowest BCUT2D eigenvalue weighted by Crippen LogP contribution is -2.04. The van der Waals surface area contributed by atoms with Gasteiger partial charge in [0.1, 0.15) is 28.8 Å². The minimum Gasteiger partial charge on any atom is -0.465 e. The molecule has 3 heteroatoms. The highest BCUT2D eigenvalue weighted by Crippen LogP contribution is 2.28. The Hall–Kier alpha value is -1.77. The zero-order valence-corrected chi connectivity index (χ0v) is 18.8. The summed E-state index contributed by atoms with van der Waals surface area (Å²) in [6.45, 7) is 13.0. The Morgan fingerprint density at radius 3 is 1.14 bits per heavy atom. The van der Waals surface area contributed by atoms with Gasteiger partial charge in [-0.1, -0.05) is 41.5 Å². The minimum atomic E-state index is 0.295. The van der Waals surface area contributed by atoms with Crippen LogP contribution in [0.2, 0.25) is 0 Å². The van der Waals surface area contributed by atoms with E-state index in [0.717, 1.165) is 61.6 Å². The van der Waals surface area contributed by atoms with Crippen molar-refractivity contribution >= 4 is 5.78 Å². The van der Waals surface area contributed by atoms with E-state index in [9.17, 15) is 4.79 Å². The molecule has 0 N–H and O–H groups in total. The average Bonchev–Trinajstić information content (AvgIpc) is 3.26. The maximum absolute atomic E-state index is 12.6. The molecule has 2 aromatic heterocycles. The summed E-state index contributed by atoms with van der Waals surface area (Å²) in [6.07, 6.45) is 8.33. The molecule has 2 rings (SSSR count). The molecule has 0 aliphatic heterocycles. The Morgan fingerprint density at radius 2 is 0.857 bits per heavy atom. The van der Waals surface area contributed by atoms with Crippen LogP contribution in [0.1, 0.15) is 99.7 Å². The SMILES string of the molecule is CCc1oc(CCC(=O)CCc2oc(CC)c(CC)c2CC)c(CC)c1CC. The van der Waals surface area contributed by atoms with E-state index in [2.05, 4.69) is 41.5 Å². The van der Waals surface area contributed by atoms with Crippen molar-refractivity contribution in [3.8, 4) is 0 Å². The maximum Gasteiger partial charge on any atom is 0.133 e. The summed E-state index contributed by atoms with van der Waals surface area (Å²) in [6, 6.07) is 0. The first-order valence-electron chi connectivity index (χ1n) is 11.3. The van der Waals surface area contributed by atoms with Gasteiger partial charge in [-0.25, -0.2) is 0 Å². The van der Waals surface area contributed by atoms with E-state index in [-0.39, 0.29) is 0 Å². The van der Waals surface area contributed by atoms with Crippen LogP contribution in [0.4, 0.5) is 0 Å². The molecule has 0 saturated heterocycles. The molecule has 0 aliphatic carbocycles. The van der Waals surface area contributed by atoms with Crippen molar-refractivity contribution in [2.75, 3.05) is 0 Å². The van der Waals surface area contributed by atoms with E-state index in [4.69, 9.17) is 8.83 Å². The number of ketones is 1. The van der Waals surface area contributed by atoms with Crippen molar-refractivity contribution in [2.45, 2.75) is 106 Å². The second-order valence-electron chi connectivity index (χ2n) is 7.47. The van der Waals surface area contributed by atoms with E-state index < -0.39 is 0 Å². The van der Waals surface area contributed by atoms with E-state index in [1.807, 2.05) is 0 Å². The number of carbonyl (C=O) groups is 1. The zero-order chi connectivity index (χ0) is 20.7. The molecule has 2 heterocycles. The van der Waals surface area contributed by atoms with Gasteiger partial charge >= 0.3 is 0 Å². The van der Waals surface area contributed by atoms with Crippen LogP contribution in [0, 0.1) is 0 Å². The van der Waals surface area contributed by atoms with Gasteiger partial charge in [0.05, 0.1) is 0 Å². The lowest BCUT2D eigenvalue weighted by atomic mass is 9.98. The van der Waals surface area contributed by atoms with Gasteiger partial charge in [-0.15, -0.1) is 0 Å². The summed E-state index contributed by atoms with van der Waals surface area (Å²) < 4.78 is 12.2. The van der Waals surface area contributed by atoms with E-state index in [0.29, 0.717) is 31.5 Å². The molecule has 156 valence electrons. The van der Waals surface area contributed by atoms with Gasteiger partial charge in [0.25, 0.3) is 0 Å². The van der Waals surface area contributed by atoms with Gasteiger partial charge in [-0.2, -0.15) is 0 Å². The monoisotopic (exact) mass is 386 g/mol. The van der Waals surface area contributed by atoms with Crippen molar-refractivity contribution in [3.63, 3.8) is 0 Å². The Kier molecular flexibility index (Phi) is 8.59. The summed E-state index contributed by atoms with van der Waals surface area (Å²) in [5, 5.41) is 0. The van der Waals surface area contributed by atoms with Gasteiger partial charge in [-0.05, 0) is 47.9 Å². The summed E-state index contributed by atoms with van der Waals surface area (Å²) in [5.41, 5.74) is 5.36. The van der Waals surface area contributed by atoms with Crippen molar-refractivity contribution in [1.82, 2.24) is 0 Å². The van der Waals surface area contributed by atoms with E-state index in [1.165, 1.54) is 22.3 Å². The molecule has 0 spiro atoms. The summed E-state index contributed by atoms with van der Waals surface area (Å²) in [5.74, 6) is 4.55. The molecule has 0 amide bonds. The average molecular weight is 387 g/mol. The van der Waals surface area contributed by atoms with Gasteiger partial charge in [0, 0.05) is 38.5 Å². The third kappa shape index (κ3) is 4.79. The predicted octanol–water partition coefficient (Wildman–Crippen LogP) is 6.38. The fourth-order valence-electron chi connectivity index (χ4n) is 4.47. The molecule has 0 bridgehead atoms. The quantitative estimate of drug-likeness (QED) is 0.425. The third-order valence-electron chi connectivity index (χ3n) is 5.89. The number of hydrogen-bond donors (Lipinski definition) is 0.